The van der Waals surface area contributed by atoms with Crippen LogP contribution < -0.4 is 5.32 Å². The van der Waals surface area contributed by atoms with Gasteiger partial charge in [0.05, 0.1) is 29.7 Å². The lowest BCUT2D eigenvalue weighted by molar-refractivity contribution is -0.262. The highest BCUT2D eigenvalue weighted by molar-refractivity contribution is 6.34. The first-order valence-electron chi connectivity index (χ1n) is 13.0. The van der Waals surface area contributed by atoms with Crippen LogP contribution in [0.1, 0.15) is 28.8 Å². The first kappa shape index (κ1) is 29.8. The summed E-state index contributed by atoms with van der Waals surface area (Å²) in [6, 6.07) is 9.42. The molecule has 2 aromatic carbocycles. The predicted molar refractivity (Wildman–Crippen MR) is 142 cm³/mol. The Morgan fingerprint density at radius 3 is 2.20 bits per heavy atom. The smallest absolute Gasteiger partial charge is 0.380 e. The van der Waals surface area contributed by atoms with E-state index in [2.05, 4.69) is 10.2 Å². The van der Waals surface area contributed by atoms with Crippen molar-refractivity contribution >= 4 is 40.7 Å². The van der Waals surface area contributed by atoms with E-state index in [-0.39, 0.29) is 40.8 Å². The largest absolute Gasteiger partial charge is 0.430 e. The first-order valence-corrected chi connectivity index (χ1v) is 13.8. The highest BCUT2D eigenvalue weighted by Gasteiger charge is 2.62. The highest BCUT2D eigenvalue weighted by Crippen LogP contribution is 2.42. The normalized spacial score (nSPS) is 21.6. The maximum Gasteiger partial charge on any atom is 0.430 e. The van der Waals surface area contributed by atoms with Crippen molar-refractivity contribution in [2.45, 2.75) is 42.6 Å². The standard InChI is InChI=1S/C27H27Cl2F5N4O3/c28-17-3-1-2-16(10-17)26(41,27(32,33)34)24(40)36-8-6-20(7-9-36)37-12-19(13-37)35-18-4-5-21(22(29)11-18)23(39)38-14-25(30,31)15-38/h1-5,10-11,19-20,35,41H,6-9,12-15H2. The molecule has 1 atom stereocenters. The number of hydrogen-bond donors (Lipinski definition) is 2. The zero-order valence-corrected chi connectivity index (χ0v) is 23.1. The van der Waals surface area contributed by atoms with Gasteiger partial charge in [-0.3, -0.25) is 14.5 Å². The lowest BCUT2D eigenvalue weighted by Crippen LogP contribution is -2.62. The molecule has 0 aliphatic carbocycles. The summed E-state index contributed by atoms with van der Waals surface area (Å²) in [6.07, 6.45) is -4.35. The van der Waals surface area contributed by atoms with Crippen LogP contribution in [0.15, 0.2) is 42.5 Å². The Bertz CT molecular complexity index is 1320. The number of aliphatic hydroxyl groups is 1. The van der Waals surface area contributed by atoms with Gasteiger partial charge in [0.1, 0.15) is 0 Å². The Morgan fingerprint density at radius 1 is 0.976 bits per heavy atom. The molecule has 14 heteroatoms. The van der Waals surface area contributed by atoms with Crippen LogP contribution in [0, 0.1) is 0 Å². The number of nitrogens with one attached hydrogen (secondary N) is 1. The fourth-order valence-electron chi connectivity index (χ4n) is 5.53. The van der Waals surface area contributed by atoms with E-state index in [0.29, 0.717) is 31.6 Å². The predicted octanol–water partition coefficient (Wildman–Crippen LogP) is 4.62. The maximum atomic E-state index is 14.0. The number of carbonyl (C=O) groups is 2. The Kier molecular flexibility index (Phi) is 7.90. The van der Waals surface area contributed by atoms with Gasteiger partial charge in [0.15, 0.2) is 0 Å². The van der Waals surface area contributed by atoms with Crippen molar-refractivity contribution in [2.24, 2.45) is 0 Å². The molecular weight excluding hydrogens is 594 g/mol. The SMILES string of the molecule is O=C(c1ccc(NC2CN(C3CCN(C(=O)C(O)(c4cccc(Cl)c4)C(F)(F)F)CC3)C2)cc1Cl)N1CC(F)(F)C1. The lowest BCUT2D eigenvalue weighted by atomic mass is 9.89. The van der Waals surface area contributed by atoms with E-state index in [9.17, 15) is 36.6 Å². The van der Waals surface area contributed by atoms with Gasteiger partial charge in [-0.15, -0.1) is 0 Å². The molecule has 0 saturated carbocycles. The summed E-state index contributed by atoms with van der Waals surface area (Å²) in [5.74, 6) is -4.83. The van der Waals surface area contributed by atoms with Gasteiger partial charge in [0.25, 0.3) is 23.3 Å². The number of halogens is 7. The number of amides is 2. The molecular formula is C27H27Cl2F5N4O3. The van der Waals surface area contributed by atoms with Gasteiger partial charge >= 0.3 is 6.18 Å². The summed E-state index contributed by atoms with van der Waals surface area (Å²) < 4.78 is 68.1. The molecule has 3 aliphatic rings. The van der Waals surface area contributed by atoms with Crippen molar-refractivity contribution in [1.29, 1.82) is 0 Å². The summed E-state index contributed by atoms with van der Waals surface area (Å²) in [5.41, 5.74) is -3.51. The molecule has 222 valence electrons. The molecule has 41 heavy (non-hydrogen) atoms. The molecule has 3 fully saturated rings. The number of alkyl halides is 5. The Balaban J connectivity index is 1.12. The van der Waals surface area contributed by atoms with Crippen LogP contribution in [0.3, 0.4) is 0 Å². The van der Waals surface area contributed by atoms with E-state index in [1.165, 1.54) is 18.2 Å². The van der Waals surface area contributed by atoms with Crippen molar-refractivity contribution < 1.29 is 36.6 Å². The van der Waals surface area contributed by atoms with E-state index in [4.69, 9.17) is 23.2 Å². The van der Waals surface area contributed by atoms with E-state index in [0.717, 1.165) is 21.9 Å². The van der Waals surface area contributed by atoms with Gasteiger partial charge in [0, 0.05) is 48.5 Å². The van der Waals surface area contributed by atoms with Crippen LogP contribution in [-0.4, -0.2) is 95.1 Å². The summed E-state index contributed by atoms with van der Waals surface area (Å²) in [7, 11) is 0. The number of piperidine rings is 1. The zero-order chi connectivity index (χ0) is 29.7. The second-order valence-corrected chi connectivity index (χ2v) is 11.6. The molecule has 7 nitrogen and oxygen atoms in total. The van der Waals surface area contributed by atoms with Gasteiger partial charge in [-0.05, 0) is 43.2 Å². The molecule has 0 radical (unpaired) electrons. The van der Waals surface area contributed by atoms with Crippen LogP contribution >= 0.6 is 23.2 Å². The summed E-state index contributed by atoms with van der Waals surface area (Å²) in [6.45, 7) is 0.163. The van der Waals surface area contributed by atoms with Crippen molar-refractivity contribution in [3.63, 3.8) is 0 Å². The van der Waals surface area contributed by atoms with Gasteiger partial charge in [-0.2, -0.15) is 13.2 Å². The lowest BCUT2D eigenvalue weighted by Gasteiger charge is -2.48. The van der Waals surface area contributed by atoms with Crippen molar-refractivity contribution in [3.8, 4) is 0 Å². The van der Waals surface area contributed by atoms with Crippen LogP contribution in [-0.2, 0) is 10.4 Å². The third kappa shape index (κ3) is 5.84. The molecule has 3 aliphatic heterocycles. The highest BCUT2D eigenvalue weighted by atomic mass is 35.5. The minimum Gasteiger partial charge on any atom is -0.380 e. The number of nitrogens with zero attached hydrogens (tertiary/aromatic N) is 3. The van der Waals surface area contributed by atoms with Crippen molar-refractivity contribution in [2.75, 3.05) is 44.6 Å². The van der Waals surface area contributed by atoms with Gasteiger partial charge in [0.2, 0.25) is 0 Å². The fourth-order valence-corrected chi connectivity index (χ4v) is 5.98. The molecule has 3 heterocycles. The molecule has 1 unspecified atom stereocenters. The minimum atomic E-state index is -5.24. The second-order valence-electron chi connectivity index (χ2n) is 10.7. The maximum absolute atomic E-state index is 14.0. The van der Waals surface area contributed by atoms with Gasteiger partial charge in [-0.1, -0.05) is 35.3 Å². The van der Waals surface area contributed by atoms with Crippen LogP contribution in [0.5, 0.6) is 0 Å². The molecule has 5 rings (SSSR count). The third-order valence-electron chi connectivity index (χ3n) is 7.84. The average Bonchev–Trinajstić information content (AvgIpc) is 2.87. The number of likely N-dealkylation sites (tertiary alicyclic amines) is 3. The topological polar surface area (TPSA) is 76.1 Å². The summed E-state index contributed by atoms with van der Waals surface area (Å²) >= 11 is 12.1. The number of benzene rings is 2. The molecule has 2 N–H and O–H groups in total. The zero-order valence-electron chi connectivity index (χ0n) is 21.6. The second kappa shape index (κ2) is 10.9. The molecule has 0 bridgehead atoms. The van der Waals surface area contributed by atoms with Crippen LogP contribution in [0.25, 0.3) is 0 Å². The van der Waals surface area contributed by atoms with E-state index in [1.807, 2.05) is 0 Å². The first-order chi connectivity index (χ1) is 19.2. The van der Waals surface area contributed by atoms with Crippen LogP contribution in [0.2, 0.25) is 10.0 Å². The molecule has 2 amide bonds. The summed E-state index contributed by atoms with van der Waals surface area (Å²) in [4.78, 5) is 29.6. The van der Waals surface area contributed by atoms with E-state index >= 15 is 0 Å². The number of anilines is 1. The molecule has 2 aromatic rings. The number of carbonyl (C=O) groups excluding carboxylic acids is 2. The summed E-state index contributed by atoms with van der Waals surface area (Å²) in [5, 5.41) is 14.1. The number of rotatable bonds is 6. The van der Waals surface area contributed by atoms with Crippen molar-refractivity contribution in [3.05, 3.63) is 63.6 Å². The number of hydrogen-bond acceptors (Lipinski definition) is 5. The van der Waals surface area contributed by atoms with Gasteiger partial charge < -0.3 is 20.2 Å². The Hall–Kier alpha value is -2.67. The molecule has 0 spiro atoms. The third-order valence-corrected chi connectivity index (χ3v) is 8.39. The minimum absolute atomic E-state index is 0.0247. The monoisotopic (exact) mass is 620 g/mol. The average molecular weight is 621 g/mol. The van der Waals surface area contributed by atoms with E-state index < -0.39 is 48.2 Å². The molecule has 0 aromatic heterocycles. The van der Waals surface area contributed by atoms with E-state index in [1.54, 1.807) is 12.1 Å². The van der Waals surface area contributed by atoms with Gasteiger partial charge in [-0.25, -0.2) is 8.78 Å². The quantitative estimate of drug-likeness (QED) is 0.461. The van der Waals surface area contributed by atoms with Crippen molar-refractivity contribution in [1.82, 2.24) is 14.7 Å². The Morgan fingerprint density at radius 2 is 1.63 bits per heavy atom. The molecule has 3 saturated heterocycles. The Labute approximate surface area is 242 Å². The fraction of sp³-hybridized carbons (Fsp3) is 0.481. The van der Waals surface area contributed by atoms with Crippen LogP contribution in [0.4, 0.5) is 27.6 Å².